The monoisotopic (exact) mass is 321 g/mol. The summed E-state index contributed by atoms with van der Waals surface area (Å²) in [5.74, 6) is 0.484. The van der Waals surface area contributed by atoms with E-state index in [1.54, 1.807) is 24.3 Å². The number of pyridine rings is 1. The SMILES string of the molecule is C=CCNC(=O)c1cccc(OCc2cn3cc(C)ccc3n2)c1. The molecule has 2 aromatic heterocycles. The van der Waals surface area contributed by atoms with Gasteiger partial charge in [0.15, 0.2) is 0 Å². The lowest BCUT2D eigenvalue weighted by Crippen LogP contribution is -2.23. The Morgan fingerprint density at radius 3 is 3.04 bits per heavy atom. The molecule has 2 heterocycles. The molecule has 0 aliphatic heterocycles. The highest BCUT2D eigenvalue weighted by molar-refractivity contribution is 5.94. The van der Waals surface area contributed by atoms with Gasteiger partial charge in [-0.3, -0.25) is 4.79 Å². The number of aromatic nitrogens is 2. The lowest BCUT2D eigenvalue weighted by molar-refractivity contribution is 0.0957. The highest BCUT2D eigenvalue weighted by Gasteiger charge is 2.07. The second-order valence-corrected chi connectivity index (χ2v) is 5.52. The van der Waals surface area contributed by atoms with Crippen molar-refractivity contribution in [3.8, 4) is 5.75 Å². The zero-order chi connectivity index (χ0) is 16.9. The number of amides is 1. The first kappa shape index (κ1) is 15.8. The zero-order valence-electron chi connectivity index (χ0n) is 13.5. The zero-order valence-corrected chi connectivity index (χ0v) is 13.5. The first-order valence-electron chi connectivity index (χ1n) is 7.72. The molecule has 0 radical (unpaired) electrons. The molecule has 0 aliphatic rings. The Bertz CT molecular complexity index is 883. The topological polar surface area (TPSA) is 55.6 Å². The van der Waals surface area contributed by atoms with Gasteiger partial charge in [0.05, 0.1) is 5.69 Å². The number of carbonyl (C=O) groups is 1. The fraction of sp³-hybridized carbons (Fsp3) is 0.158. The van der Waals surface area contributed by atoms with Crippen molar-refractivity contribution < 1.29 is 9.53 Å². The number of rotatable bonds is 6. The van der Waals surface area contributed by atoms with Crippen molar-refractivity contribution in [2.45, 2.75) is 13.5 Å². The van der Waals surface area contributed by atoms with Crippen molar-refractivity contribution in [2.75, 3.05) is 6.54 Å². The second-order valence-electron chi connectivity index (χ2n) is 5.52. The molecular formula is C19H19N3O2. The molecule has 0 aliphatic carbocycles. The number of fused-ring (bicyclic) bond motifs is 1. The van der Waals surface area contributed by atoms with Gasteiger partial charge in [0, 0.05) is 24.5 Å². The van der Waals surface area contributed by atoms with Gasteiger partial charge < -0.3 is 14.5 Å². The van der Waals surface area contributed by atoms with Crippen LogP contribution in [0, 0.1) is 6.92 Å². The maximum Gasteiger partial charge on any atom is 0.251 e. The Hall–Kier alpha value is -3.08. The van der Waals surface area contributed by atoms with E-state index in [2.05, 4.69) is 16.9 Å². The van der Waals surface area contributed by atoms with Gasteiger partial charge in [-0.2, -0.15) is 0 Å². The third kappa shape index (κ3) is 3.63. The van der Waals surface area contributed by atoms with Gasteiger partial charge in [-0.15, -0.1) is 6.58 Å². The molecule has 0 atom stereocenters. The Balaban J connectivity index is 1.69. The van der Waals surface area contributed by atoms with E-state index in [9.17, 15) is 4.79 Å². The Kier molecular flexibility index (Phi) is 4.61. The summed E-state index contributed by atoms with van der Waals surface area (Å²) in [5, 5.41) is 2.74. The van der Waals surface area contributed by atoms with Crippen LogP contribution in [0.4, 0.5) is 0 Å². The van der Waals surface area contributed by atoms with E-state index in [1.807, 2.05) is 41.9 Å². The van der Waals surface area contributed by atoms with Crippen molar-refractivity contribution in [3.05, 3.63) is 78.3 Å². The molecule has 3 aromatic rings. The van der Waals surface area contributed by atoms with Gasteiger partial charge in [0.25, 0.3) is 5.91 Å². The van der Waals surface area contributed by atoms with Crippen LogP contribution in [0.25, 0.3) is 5.65 Å². The van der Waals surface area contributed by atoms with Crippen LogP contribution in [0.5, 0.6) is 5.75 Å². The van der Waals surface area contributed by atoms with Crippen molar-refractivity contribution in [2.24, 2.45) is 0 Å². The summed E-state index contributed by atoms with van der Waals surface area (Å²) in [5.41, 5.74) is 3.45. The quantitative estimate of drug-likeness (QED) is 0.710. The Morgan fingerprint density at radius 1 is 1.33 bits per heavy atom. The minimum absolute atomic E-state index is 0.149. The van der Waals surface area contributed by atoms with Crippen molar-refractivity contribution in [3.63, 3.8) is 0 Å². The lowest BCUT2D eigenvalue weighted by Gasteiger charge is -2.07. The maximum absolute atomic E-state index is 11.9. The first-order valence-corrected chi connectivity index (χ1v) is 7.72. The van der Waals surface area contributed by atoms with Crippen LogP contribution in [0.3, 0.4) is 0 Å². The van der Waals surface area contributed by atoms with E-state index in [0.717, 1.165) is 11.3 Å². The summed E-state index contributed by atoms with van der Waals surface area (Å²) in [7, 11) is 0. The summed E-state index contributed by atoms with van der Waals surface area (Å²) < 4.78 is 7.75. The molecule has 1 N–H and O–H groups in total. The molecule has 0 saturated carbocycles. The van der Waals surface area contributed by atoms with E-state index < -0.39 is 0 Å². The molecule has 3 rings (SSSR count). The number of hydrogen-bond acceptors (Lipinski definition) is 3. The molecule has 0 unspecified atom stereocenters. The van der Waals surface area contributed by atoms with E-state index in [-0.39, 0.29) is 5.91 Å². The number of aryl methyl sites for hydroxylation is 1. The van der Waals surface area contributed by atoms with Crippen LogP contribution in [0.2, 0.25) is 0 Å². The van der Waals surface area contributed by atoms with E-state index in [4.69, 9.17) is 4.74 Å². The number of imidazole rings is 1. The van der Waals surface area contributed by atoms with Crippen LogP contribution >= 0.6 is 0 Å². The molecule has 0 saturated heterocycles. The minimum Gasteiger partial charge on any atom is -0.487 e. The standard InChI is InChI=1S/C19H19N3O2/c1-3-9-20-19(23)15-5-4-6-17(10-15)24-13-16-12-22-11-14(2)7-8-18(22)21-16/h3-8,10-12H,1,9,13H2,2H3,(H,20,23). The van der Waals surface area contributed by atoms with Crippen molar-refractivity contribution >= 4 is 11.6 Å². The summed E-state index contributed by atoms with van der Waals surface area (Å²) in [6, 6.07) is 11.1. The van der Waals surface area contributed by atoms with Crippen LogP contribution in [0.15, 0.2) is 61.4 Å². The molecule has 1 amide bonds. The van der Waals surface area contributed by atoms with Gasteiger partial charge in [-0.05, 0) is 36.8 Å². The van der Waals surface area contributed by atoms with E-state index in [1.165, 1.54) is 5.56 Å². The van der Waals surface area contributed by atoms with E-state index >= 15 is 0 Å². The third-order valence-electron chi connectivity index (χ3n) is 3.54. The predicted molar refractivity (Wildman–Crippen MR) is 93.2 cm³/mol. The molecular weight excluding hydrogens is 302 g/mol. The summed E-state index contributed by atoms with van der Waals surface area (Å²) in [6.07, 6.45) is 5.61. The number of carbonyl (C=O) groups excluding carboxylic acids is 1. The number of nitrogens with zero attached hydrogens (tertiary/aromatic N) is 2. The molecule has 0 fully saturated rings. The fourth-order valence-corrected chi connectivity index (χ4v) is 2.38. The van der Waals surface area contributed by atoms with E-state index in [0.29, 0.717) is 24.5 Å². The molecule has 0 spiro atoms. The second kappa shape index (κ2) is 7.00. The van der Waals surface area contributed by atoms with Crippen LogP contribution in [0.1, 0.15) is 21.6 Å². The van der Waals surface area contributed by atoms with Gasteiger partial charge in [0.2, 0.25) is 0 Å². The summed E-state index contributed by atoms with van der Waals surface area (Å²) >= 11 is 0. The van der Waals surface area contributed by atoms with Crippen LogP contribution < -0.4 is 10.1 Å². The van der Waals surface area contributed by atoms with Gasteiger partial charge in [0.1, 0.15) is 18.0 Å². The number of nitrogens with one attached hydrogen (secondary N) is 1. The predicted octanol–water partition coefficient (Wildman–Crippen LogP) is 3.14. The summed E-state index contributed by atoms with van der Waals surface area (Å²) in [4.78, 5) is 16.5. The van der Waals surface area contributed by atoms with Gasteiger partial charge in [-0.1, -0.05) is 18.2 Å². The summed E-state index contributed by atoms with van der Waals surface area (Å²) in [6.45, 7) is 6.40. The highest BCUT2D eigenvalue weighted by Crippen LogP contribution is 2.16. The van der Waals surface area contributed by atoms with Crippen molar-refractivity contribution in [1.29, 1.82) is 0 Å². The van der Waals surface area contributed by atoms with Gasteiger partial charge >= 0.3 is 0 Å². The largest absolute Gasteiger partial charge is 0.487 e. The van der Waals surface area contributed by atoms with Crippen LogP contribution in [-0.4, -0.2) is 21.8 Å². The Morgan fingerprint density at radius 2 is 2.21 bits per heavy atom. The first-order chi connectivity index (χ1) is 11.7. The third-order valence-corrected chi connectivity index (χ3v) is 3.54. The van der Waals surface area contributed by atoms with Gasteiger partial charge in [-0.25, -0.2) is 4.98 Å². The van der Waals surface area contributed by atoms with Crippen LogP contribution in [-0.2, 0) is 6.61 Å². The Labute approximate surface area is 140 Å². The molecule has 122 valence electrons. The molecule has 1 aromatic carbocycles. The fourth-order valence-electron chi connectivity index (χ4n) is 2.38. The van der Waals surface area contributed by atoms with Crippen molar-refractivity contribution in [1.82, 2.24) is 14.7 Å². The number of benzene rings is 1. The highest BCUT2D eigenvalue weighted by atomic mass is 16.5. The molecule has 24 heavy (non-hydrogen) atoms. The lowest BCUT2D eigenvalue weighted by atomic mass is 10.2. The maximum atomic E-state index is 11.9. The number of hydrogen-bond donors (Lipinski definition) is 1. The normalized spacial score (nSPS) is 10.5. The molecule has 0 bridgehead atoms. The molecule has 5 heteroatoms. The number of ether oxygens (including phenoxy) is 1. The average Bonchev–Trinajstić information content (AvgIpc) is 3.00. The smallest absolute Gasteiger partial charge is 0.251 e. The minimum atomic E-state index is -0.149. The molecule has 5 nitrogen and oxygen atoms in total. The average molecular weight is 321 g/mol.